The lowest BCUT2D eigenvalue weighted by atomic mass is 9.85. The fraction of sp³-hybridized carbons (Fsp3) is 0.371. The van der Waals surface area contributed by atoms with Gasteiger partial charge in [-0.1, -0.05) is 36.4 Å². The van der Waals surface area contributed by atoms with E-state index >= 15 is 0 Å². The van der Waals surface area contributed by atoms with Crippen molar-refractivity contribution in [1.29, 1.82) is 0 Å². The first-order valence-corrected chi connectivity index (χ1v) is 15.6. The number of carbonyl (C=O) groups is 2. The molecule has 2 amide bonds. The van der Waals surface area contributed by atoms with Crippen LogP contribution in [0.15, 0.2) is 66.7 Å². The van der Waals surface area contributed by atoms with E-state index in [-0.39, 0.29) is 31.2 Å². The van der Waals surface area contributed by atoms with Crippen molar-refractivity contribution in [3.05, 3.63) is 89.1 Å². The maximum absolute atomic E-state index is 14.4. The summed E-state index contributed by atoms with van der Waals surface area (Å²) in [6.45, 7) is 3.71. The molecule has 45 heavy (non-hydrogen) atoms. The van der Waals surface area contributed by atoms with Crippen LogP contribution in [0.25, 0.3) is 10.9 Å². The number of fused-ring (bicyclic) bond motifs is 5. The number of hydrogen-bond donors (Lipinski definition) is 1. The Labute approximate surface area is 261 Å². The Bertz CT molecular complexity index is 1750. The molecule has 1 aromatic heterocycles. The van der Waals surface area contributed by atoms with E-state index in [2.05, 4.69) is 28.1 Å². The second-order valence-electron chi connectivity index (χ2n) is 12.2. The van der Waals surface area contributed by atoms with Gasteiger partial charge < -0.3 is 33.7 Å². The van der Waals surface area contributed by atoms with E-state index in [9.17, 15) is 9.59 Å². The highest BCUT2D eigenvalue weighted by Crippen LogP contribution is 2.45. The maximum atomic E-state index is 14.4. The van der Waals surface area contributed by atoms with Crippen LogP contribution in [0.3, 0.4) is 0 Å². The SMILES string of the molecule is COCCOc1ccc(CN2CC[C@H](N3CC(=O)N4[C@H](c5ccc6c(c5)OCO6)c5[nH]c6ccccc6c5C[C@@H]4C3=O)C2)cc1. The third-order valence-electron chi connectivity index (χ3n) is 9.58. The Hall–Kier alpha value is -4.54. The normalized spacial score (nSPS) is 22.6. The predicted molar refractivity (Wildman–Crippen MR) is 166 cm³/mol. The summed E-state index contributed by atoms with van der Waals surface area (Å²) in [4.78, 5) is 38.1. The molecular formula is C35H36N4O6. The van der Waals surface area contributed by atoms with Gasteiger partial charge in [0.2, 0.25) is 18.6 Å². The molecular weight excluding hydrogens is 572 g/mol. The molecule has 3 atom stereocenters. The summed E-state index contributed by atoms with van der Waals surface area (Å²) >= 11 is 0. The molecule has 1 N–H and O–H groups in total. The fourth-order valence-corrected chi connectivity index (χ4v) is 7.43. The van der Waals surface area contributed by atoms with E-state index in [1.165, 1.54) is 5.56 Å². The first kappa shape index (κ1) is 28.0. The van der Waals surface area contributed by atoms with Crippen LogP contribution >= 0.6 is 0 Å². The number of piperazine rings is 1. The Morgan fingerprint density at radius 3 is 2.69 bits per heavy atom. The maximum Gasteiger partial charge on any atom is 0.246 e. The minimum Gasteiger partial charge on any atom is -0.491 e. The number of H-pyrrole nitrogens is 1. The number of methoxy groups -OCH3 is 1. The van der Waals surface area contributed by atoms with Crippen LogP contribution in [0.1, 0.15) is 34.8 Å². The van der Waals surface area contributed by atoms with Gasteiger partial charge in [0.1, 0.15) is 24.9 Å². The third kappa shape index (κ3) is 4.98. The van der Waals surface area contributed by atoms with E-state index in [0.717, 1.165) is 59.5 Å². The van der Waals surface area contributed by atoms with Crippen LogP contribution in [-0.4, -0.2) is 90.3 Å². The highest BCUT2D eigenvalue weighted by atomic mass is 16.7. The highest BCUT2D eigenvalue weighted by molar-refractivity contribution is 5.98. The van der Waals surface area contributed by atoms with Crippen molar-refractivity contribution in [2.45, 2.75) is 37.5 Å². The van der Waals surface area contributed by atoms with Crippen molar-refractivity contribution in [2.75, 3.05) is 46.8 Å². The minimum atomic E-state index is -0.576. The molecule has 2 fully saturated rings. The summed E-state index contributed by atoms with van der Waals surface area (Å²) < 4.78 is 22.0. The third-order valence-corrected chi connectivity index (χ3v) is 9.58. The van der Waals surface area contributed by atoms with Gasteiger partial charge in [-0.25, -0.2) is 0 Å². The van der Waals surface area contributed by atoms with Crippen molar-refractivity contribution >= 4 is 22.7 Å². The average Bonchev–Trinajstić information content (AvgIpc) is 3.81. The van der Waals surface area contributed by atoms with E-state index in [0.29, 0.717) is 31.1 Å². The molecule has 10 nitrogen and oxygen atoms in total. The van der Waals surface area contributed by atoms with Crippen molar-refractivity contribution in [3.8, 4) is 17.2 Å². The predicted octanol–water partition coefficient (Wildman–Crippen LogP) is 3.88. The number of benzene rings is 3. The molecule has 0 bridgehead atoms. The second kappa shape index (κ2) is 11.4. The molecule has 4 aliphatic heterocycles. The number of carbonyl (C=O) groups excluding carboxylic acids is 2. The number of aromatic amines is 1. The van der Waals surface area contributed by atoms with Gasteiger partial charge in [-0.3, -0.25) is 14.5 Å². The van der Waals surface area contributed by atoms with Gasteiger partial charge in [0, 0.05) is 55.8 Å². The molecule has 4 aromatic rings. The Morgan fingerprint density at radius 2 is 1.82 bits per heavy atom. The van der Waals surface area contributed by atoms with Gasteiger partial charge in [-0.15, -0.1) is 0 Å². The lowest BCUT2D eigenvalue weighted by Gasteiger charge is -2.48. The Morgan fingerprint density at radius 1 is 0.978 bits per heavy atom. The second-order valence-corrected chi connectivity index (χ2v) is 12.2. The summed E-state index contributed by atoms with van der Waals surface area (Å²) in [5.74, 6) is 2.16. The van der Waals surface area contributed by atoms with Gasteiger partial charge in [0.15, 0.2) is 11.5 Å². The number of nitrogens with one attached hydrogen (secondary N) is 1. The first-order chi connectivity index (χ1) is 22.1. The van der Waals surface area contributed by atoms with Crippen LogP contribution in [0.4, 0.5) is 0 Å². The number of likely N-dealkylation sites (tertiary alicyclic amines) is 1. The van der Waals surface area contributed by atoms with E-state index in [1.807, 2.05) is 58.3 Å². The highest BCUT2D eigenvalue weighted by Gasteiger charge is 2.50. The van der Waals surface area contributed by atoms with Gasteiger partial charge in [-0.05, 0) is 53.4 Å². The zero-order valence-corrected chi connectivity index (χ0v) is 25.2. The van der Waals surface area contributed by atoms with Crippen molar-refractivity contribution in [1.82, 2.24) is 19.7 Å². The molecule has 0 spiro atoms. The smallest absolute Gasteiger partial charge is 0.246 e. The standard InChI is InChI=1S/C35H36N4O6/c1-42-14-15-43-25-9-6-22(7-10-25)18-37-13-12-24(19-37)38-20-32(40)39-29(35(38)41)17-27-26-4-2-3-5-28(26)36-33(27)34(39)23-8-11-30-31(16-23)45-21-44-30/h2-11,16,24,29,34,36H,12-15,17-21H2,1H3/t24-,29+,34+/m0/s1. The largest absolute Gasteiger partial charge is 0.491 e. The first-order valence-electron chi connectivity index (χ1n) is 15.6. The minimum absolute atomic E-state index is 0.00592. The van der Waals surface area contributed by atoms with Gasteiger partial charge >= 0.3 is 0 Å². The van der Waals surface area contributed by atoms with Gasteiger partial charge in [-0.2, -0.15) is 0 Å². The lowest BCUT2D eigenvalue weighted by Crippen LogP contribution is -2.65. The van der Waals surface area contributed by atoms with Crippen LogP contribution in [0, 0.1) is 0 Å². The molecule has 5 heterocycles. The summed E-state index contributed by atoms with van der Waals surface area (Å²) in [7, 11) is 1.66. The molecule has 3 aromatic carbocycles. The zero-order chi connectivity index (χ0) is 30.5. The summed E-state index contributed by atoms with van der Waals surface area (Å²) in [6, 6.07) is 21.1. The molecule has 2 saturated heterocycles. The summed E-state index contributed by atoms with van der Waals surface area (Å²) in [5, 5.41) is 1.09. The number of rotatable bonds is 8. The molecule has 10 heteroatoms. The molecule has 0 aliphatic carbocycles. The molecule has 8 rings (SSSR count). The van der Waals surface area contributed by atoms with Crippen molar-refractivity contribution in [3.63, 3.8) is 0 Å². The van der Waals surface area contributed by atoms with Crippen molar-refractivity contribution < 1.29 is 28.5 Å². The Kier molecular flexibility index (Phi) is 7.10. The fourth-order valence-electron chi connectivity index (χ4n) is 7.43. The molecule has 232 valence electrons. The van der Waals surface area contributed by atoms with Gasteiger partial charge in [0.05, 0.1) is 12.6 Å². The molecule has 0 saturated carbocycles. The van der Waals surface area contributed by atoms with Gasteiger partial charge in [0.25, 0.3) is 0 Å². The number of para-hydroxylation sites is 1. The van der Waals surface area contributed by atoms with Crippen LogP contribution in [-0.2, 0) is 27.3 Å². The molecule has 4 aliphatic rings. The molecule has 0 radical (unpaired) electrons. The number of nitrogens with zero attached hydrogens (tertiary/aromatic N) is 3. The van der Waals surface area contributed by atoms with E-state index in [4.69, 9.17) is 18.9 Å². The van der Waals surface area contributed by atoms with E-state index in [1.54, 1.807) is 7.11 Å². The number of hydrogen-bond acceptors (Lipinski definition) is 7. The summed E-state index contributed by atoms with van der Waals surface area (Å²) in [6.07, 6.45) is 1.32. The average molecular weight is 609 g/mol. The molecule has 0 unspecified atom stereocenters. The van der Waals surface area contributed by atoms with Crippen LogP contribution in [0.2, 0.25) is 0 Å². The topological polar surface area (TPSA) is 96.6 Å². The monoisotopic (exact) mass is 608 g/mol. The lowest BCUT2D eigenvalue weighted by molar-refractivity contribution is -0.160. The van der Waals surface area contributed by atoms with Crippen LogP contribution in [0.5, 0.6) is 17.2 Å². The quantitative estimate of drug-likeness (QED) is 0.304. The number of aromatic nitrogens is 1. The Balaban J connectivity index is 1.04. The zero-order valence-electron chi connectivity index (χ0n) is 25.2. The number of ether oxygens (including phenoxy) is 4. The number of amides is 2. The van der Waals surface area contributed by atoms with Crippen molar-refractivity contribution in [2.24, 2.45) is 0 Å². The summed E-state index contributed by atoms with van der Waals surface area (Å²) in [5.41, 5.74) is 5.15. The van der Waals surface area contributed by atoms with E-state index < -0.39 is 12.1 Å². The van der Waals surface area contributed by atoms with Crippen LogP contribution < -0.4 is 14.2 Å².